The number of halogens is 3. The van der Waals surface area contributed by atoms with Crippen LogP contribution in [0.5, 0.6) is 0 Å². The van der Waals surface area contributed by atoms with Crippen molar-refractivity contribution in [1.82, 2.24) is 14.5 Å². The fourth-order valence-electron chi connectivity index (χ4n) is 2.15. The Labute approximate surface area is 125 Å². The summed E-state index contributed by atoms with van der Waals surface area (Å²) in [5, 5.41) is 0.499. The quantitative estimate of drug-likeness (QED) is 0.662. The monoisotopic (exact) mass is 309 g/mol. The third kappa shape index (κ3) is 2.15. The third-order valence-corrected chi connectivity index (χ3v) is 3.51. The summed E-state index contributed by atoms with van der Waals surface area (Å²) in [6.07, 6.45) is 1.54. The summed E-state index contributed by atoms with van der Waals surface area (Å²) < 4.78 is 15.3. The fraction of sp³-hybridized carbons (Fsp3) is 0.143. The molecule has 0 amide bonds. The molecule has 102 valence electrons. The minimum atomic E-state index is -0.318. The molecular formula is C14H10Cl2FN3. The second-order valence-electron chi connectivity index (χ2n) is 4.42. The van der Waals surface area contributed by atoms with Gasteiger partial charge in [-0.1, -0.05) is 17.7 Å². The van der Waals surface area contributed by atoms with Gasteiger partial charge in [-0.2, -0.15) is 0 Å². The third-order valence-electron chi connectivity index (χ3n) is 3.06. The molecule has 2 aromatic heterocycles. The van der Waals surface area contributed by atoms with Gasteiger partial charge in [0.05, 0.1) is 16.6 Å². The smallest absolute Gasteiger partial charge is 0.164 e. The topological polar surface area (TPSA) is 30.7 Å². The molecule has 0 spiro atoms. The van der Waals surface area contributed by atoms with Gasteiger partial charge in [0.1, 0.15) is 17.2 Å². The van der Waals surface area contributed by atoms with Crippen molar-refractivity contribution in [3.8, 4) is 5.69 Å². The average Bonchev–Trinajstić information content (AvgIpc) is 2.78. The molecule has 0 bridgehead atoms. The summed E-state index contributed by atoms with van der Waals surface area (Å²) in [4.78, 5) is 8.68. The number of benzene rings is 1. The van der Waals surface area contributed by atoms with Crippen LogP contribution < -0.4 is 0 Å². The number of nitrogens with zero attached hydrogens (tertiary/aromatic N) is 3. The lowest BCUT2D eigenvalue weighted by Gasteiger charge is -2.10. The minimum absolute atomic E-state index is 0.198. The predicted molar refractivity (Wildman–Crippen MR) is 78.1 cm³/mol. The first-order chi connectivity index (χ1) is 9.60. The van der Waals surface area contributed by atoms with Crippen molar-refractivity contribution in [2.24, 2.45) is 0 Å². The van der Waals surface area contributed by atoms with Gasteiger partial charge in [-0.3, -0.25) is 4.57 Å². The van der Waals surface area contributed by atoms with Crippen molar-refractivity contribution in [1.29, 1.82) is 0 Å². The van der Waals surface area contributed by atoms with Crippen molar-refractivity contribution in [2.75, 3.05) is 0 Å². The van der Waals surface area contributed by atoms with Gasteiger partial charge in [0.2, 0.25) is 0 Å². The Balaban J connectivity index is 2.37. The molecule has 0 saturated carbocycles. The van der Waals surface area contributed by atoms with Crippen LogP contribution in [0.2, 0.25) is 5.02 Å². The SMILES string of the molecule is Cc1ccc(F)cc1-n1c(CCl)nc2cc(Cl)cnc21. The van der Waals surface area contributed by atoms with Crippen molar-refractivity contribution >= 4 is 34.4 Å². The first-order valence-electron chi connectivity index (χ1n) is 5.95. The molecule has 0 aliphatic carbocycles. The van der Waals surface area contributed by atoms with E-state index in [1.807, 2.05) is 6.92 Å². The first-order valence-corrected chi connectivity index (χ1v) is 6.87. The molecule has 0 fully saturated rings. The van der Waals surface area contributed by atoms with E-state index in [0.29, 0.717) is 27.7 Å². The predicted octanol–water partition coefficient (Wildman–Crippen LogP) is 4.26. The second kappa shape index (κ2) is 5.04. The van der Waals surface area contributed by atoms with Crippen LogP contribution >= 0.6 is 23.2 Å². The van der Waals surface area contributed by atoms with Gasteiger partial charge in [-0.05, 0) is 30.7 Å². The Hall–Kier alpha value is -1.65. The van der Waals surface area contributed by atoms with E-state index < -0.39 is 0 Å². The van der Waals surface area contributed by atoms with Gasteiger partial charge in [-0.25, -0.2) is 14.4 Å². The zero-order valence-electron chi connectivity index (χ0n) is 10.6. The number of rotatable bonds is 2. The maximum absolute atomic E-state index is 13.5. The molecule has 3 nitrogen and oxygen atoms in total. The largest absolute Gasteiger partial charge is 0.279 e. The lowest BCUT2D eigenvalue weighted by Crippen LogP contribution is -2.03. The van der Waals surface area contributed by atoms with Crippen molar-refractivity contribution < 1.29 is 4.39 Å². The molecular weight excluding hydrogens is 300 g/mol. The number of aryl methyl sites for hydroxylation is 1. The Morgan fingerprint density at radius 2 is 2.10 bits per heavy atom. The first kappa shape index (κ1) is 13.3. The van der Waals surface area contributed by atoms with Crippen LogP contribution in [0.4, 0.5) is 4.39 Å². The highest BCUT2D eigenvalue weighted by Gasteiger charge is 2.15. The number of hydrogen-bond acceptors (Lipinski definition) is 2. The summed E-state index contributed by atoms with van der Waals surface area (Å²) in [6.45, 7) is 1.90. The highest BCUT2D eigenvalue weighted by atomic mass is 35.5. The molecule has 3 aromatic rings. The zero-order valence-corrected chi connectivity index (χ0v) is 12.1. The van der Waals surface area contributed by atoms with Gasteiger partial charge in [0.15, 0.2) is 5.65 Å². The molecule has 0 atom stereocenters. The fourth-order valence-corrected chi connectivity index (χ4v) is 2.48. The number of hydrogen-bond donors (Lipinski definition) is 0. The van der Waals surface area contributed by atoms with Crippen LogP contribution in [0, 0.1) is 12.7 Å². The standard InChI is InChI=1S/C14H10Cl2FN3/c1-8-2-3-10(17)5-12(8)20-13(6-15)19-11-4-9(16)7-18-14(11)20/h2-5,7H,6H2,1H3. The average molecular weight is 310 g/mol. The van der Waals surface area contributed by atoms with E-state index >= 15 is 0 Å². The van der Waals surface area contributed by atoms with E-state index in [-0.39, 0.29) is 11.7 Å². The summed E-state index contributed by atoms with van der Waals surface area (Å²) in [6, 6.07) is 6.29. The Morgan fingerprint density at radius 1 is 1.30 bits per heavy atom. The van der Waals surface area contributed by atoms with E-state index in [2.05, 4.69) is 9.97 Å². The molecule has 1 aromatic carbocycles. The zero-order chi connectivity index (χ0) is 14.3. The maximum Gasteiger partial charge on any atom is 0.164 e. The van der Waals surface area contributed by atoms with Gasteiger partial charge in [0, 0.05) is 6.20 Å². The van der Waals surface area contributed by atoms with Gasteiger partial charge >= 0.3 is 0 Å². The lowest BCUT2D eigenvalue weighted by molar-refractivity contribution is 0.626. The molecule has 6 heteroatoms. The number of fused-ring (bicyclic) bond motifs is 1. The highest BCUT2D eigenvalue weighted by Crippen LogP contribution is 2.25. The van der Waals surface area contributed by atoms with Crippen molar-refractivity contribution in [3.05, 3.63) is 52.7 Å². The molecule has 0 N–H and O–H groups in total. The van der Waals surface area contributed by atoms with E-state index in [1.54, 1.807) is 16.7 Å². The molecule has 20 heavy (non-hydrogen) atoms. The molecule has 0 aliphatic heterocycles. The van der Waals surface area contributed by atoms with E-state index in [4.69, 9.17) is 23.2 Å². The molecule has 3 rings (SSSR count). The molecule has 0 aliphatic rings. The van der Waals surface area contributed by atoms with Crippen LogP contribution in [0.3, 0.4) is 0 Å². The summed E-state index contributed by atoms with van der Waals surface area (Å²) in [7, 11) is 0. The van der Waals surface area contributed by atoms with Crippen molar-refractivity contribution in [2.45, 2.75) is 12.8 Å². The van der Waals surface area contributed by atoms with Crippen LogP contribution in [0.1, 0.15) is 11.4 Å². The Morgan fingerprint density at radius 3 is 2.85 bits per heavy atom. The van der Waals surface area contributed by atoms with Crippen LogP contribution in [0.15, 0.2) is 30.5 Å². The number of pyridine rings is 1. The van der Waals surface area contributed by atoms with Gasteiger partial charge < -0.3 is 0 Å². The summed E-state index contributed by atoms with van der Waals surface area (Å²) >= 11 is 11.9. The molecule has 0 radical (unpaired) electrons. The number of imidazole rings is 1. The highest BCUT2D eigenvalue weighted by molar-refractivity contribution is 6.31. The van der Waals surface area contributed by atoms with Crippen LogP contribution in [-0.4, -0.2) is 14.5 Å². The maximum atomic E-state index is 13.5. The molecule has 0 saturated heterocycles. The van der Waals surface area contributed by atoms with Gasteiger partial charge in [-0.15, -0.1) is 11.6 Å². The number of aromatic nitrogens is 3. The second-order valence-corrected chi connectivity index (χ2v) is 5.13. The lowest BCUT2D eigenvalue weighted by atomic mass is 10.2. The Bertz CT molecular complexity index is 798. The minimum Gasteiger partial charge on any atom is -0.279 e. The van der Waals surface area contributed by atoms with E-state index in [1.165, 1.54) is 18.3 Å². The Kier molecular flexibility index (Phi) is 3.36. The van der Waals surface area contributed by atoms with Crippen LogP contribution in [0.25, 0.3) is 16.9 Å². The van der Waals surface area contributed by atoms with E-state index in [0.717, 1.165) is 5.56 Å². The van der Waals surface area contributed by atoms with Gasteiger partial charge in [0.25, 0.3) is 0 Å². The molecule has 0 unspecified atom stereocenters. The summed E-state index contributed by atoms with van der Waals surface area (Å²) in [5.74, 6) is 0.483. The summed E-state index contributed by atoms with van der Waals surface area (Å²) in [5.41, 5.74) is 2.84. The molecule has 2 heterocycles. The van der Waals surface area contributed by atoms with E-state index in [9.17, 15) is 4.39 Å². The normalized spacial score (nSPS) is 11.2. The van der Waals surface area contributed by atoms with Crippen molar-refractivity contribution in [3.63, 3.8) is 0 Å². The van der Waals surface area contributed by atoms with Crippen LogP contribution in [-0.2, 0) is 5.88 Å². The number of alkyl halides is 1.